The minimum atomic E-state index is -0.408. The van der Waals surface area contributed by atoms with E-state index in [0.717, 1.165) is 17.5 Å². The molecule has 0 radical (unpaired) electrons. The maximum atomic E-state index is 11.9. The first kappa shape index (κ1) is 15.9. The summed E-state index contributed by atoms with van der Waals surface area (Å²) in [6, 6.07) is 16.6. The number of carbonyl (C=O) groups excluding carboxylic acids is 1. The molecule has 0 fully saturated rings. The van der Waals surface area contributed by atoms with Gasteiger partial charge in [-0.3, -0.25) is 0 Å². The van der Waals surface area contributed by atoms with E-state index in [1.807, 2.05) is 49.4 Å². The SMILES string of the molecule is CCC(Cc1ccc(O)cc1)NC(=O)OCc1ccccc1. The van der Waals surface area contributed by atoms with Gasteiger partial charge in [-0.25, -0.2) is 4.79 Å². The van der Waals surface area contributed by atoms with Gasteiger partial charge in [-0.1, -0.05) is 49.4 Å². The second-order valence-corrected chi connectivity index (χ2v) is 5.18. The molecule has 0 saturated carbocycles. The number of nitrogens with one attached hydrogen (secondary N) is 1. The molecule has 116 valence electrons. The normalized spacial score (nSPS) is 11.7. The van der Waals surface area contributed by atoms with Gasteiger partial charge in [-0.2, -0.15) is 0 Å². The molecule has 22 heavy (non-hydrogen) atoms. The fourth-order valence-corrected chi connectivity index (χ4v) is 2.15. The lowest BCUT2D eigenvalue weighted by Crippen LogP contribution is -2.36. The van der Waals surface area contributed by atoms with E-state index < -0.39 is 6.09 Å². The summed E-state index contributed by atoms with van der Waals surface area (Å²) in [5.74, 6) is 0.243. The number of benzene rings is 2. The van der Waals surface area contributed by atoms with Gasteiger partial charge in [0.25, 0.3) is 0 Å². The summed E-state index contributed by atoms with van der Waals surface area (Å²) in [4.78, 5) is 11.9. The highest BCUT2D eigenvalue weighted by atomic mass is 16.5. The van der Waals surface area contributed by atoms with Crippen molar-refractivity contribution < 1.29 is 14.6 Å². The molecule has 0 spiro atoms. The van der Waals surface area contributed by atoms with Crippen LogP contribution >= 0.6 is 0 Å². The van der Waals surface area contributed by atoms with Crippen LogP contribution in [0.5, 0.6) is 5.75 Å². The topological polar surface area (TPSA) is 58.6 Å². The zero-order chi connectivity index (χ0) is 15.8. The highest BCUT2D eigenvalue weighted by Gasteiger charge is 2.12. The summed E-state index contributed by atoms with van der Waals surface area (Å²) in [7, 11) is 0. The molecule has 0 aliphatic rings. The average molecular weight is 299 g/mol. The third kappa shape index (κ3) is 5.13. The summed E-state index contributed by atoms with van der Waals surface area (Å²) in [6.07, 6.45) is 1.10. The zero-order valence-corrected chi connectivity index (χ0v) is 12.7. The van der Waals surface area contributed by atoms with Crippen LogP contribution in [0.25, 0.3) is 0 Å². The van der Waals surface area contributed by atoms with Gasteiger partial charge < -0.3 is 15.2 Å². The summed E-state index contributed by atoms with van der Waals surface area (Å²) in [6.45, 7) is 2.28. The molecule has 2 rings (SSSR count). The molecular weight excluding hydrogens is 278 g/mol. The predicted molar refractivity (Wildman–Crippen MR) is 85.7 cm³/mol. The Kier molecular flexibility index (Phi) is 5.83. The Morgan fingerprint density at radius 2 is 1.77 bits per heavy atom. The van der Waals surface area contributed by atoms with Crippen molar-refractivity contribution >= 4 is 6.09 Å². The highest BCUT2D eigenvalue weighted by molar-refractivity contribution is 5.67. The lowest BCUT2D eigenvalue weighted by molar-refractivity contribution is 0.135. The molecule has 0 heterocycles. The van der Waals surface area contributed by atoms with E-state index in [0.29, 0.717) is 6.42 Å². The summed E-state index contributed by atoms with van der Waals surface area (Å²) in [5, 5.41) is 12.2. The minimum absolute atomic E-state index is 0.00724. The Balaban J connectivity index is 1.81. The molecular formula is C18H21NO3. The molecule has 0 saturated heterocycles. The van der Waals surface area contributed by atoms with Crippen molar-refractivity contribution in [2.75, 3.05) is 0 Å². The van der Waals surface area contributed by atoms with Crippen LogP contribution in [-0.4, -0.2) is 17.2 Å². The molecule has 4 heteroatoms. The Bertz CT molecular complexity index is 581. The van der Waals surface area contributed by atoms with Crippen molar-refractivity contribution in [1.29, 1.82) is 0 Å². The van der Waals surface area contributed by atoms with Crippen LogP contribution in [0, 0.1) is 0 Å². The van der Waals surface area contributed by atoms with E-state index in [4.69, 9.17) is 4.74 Å². The molecule has 1 amide bonds. The predicted octanol–water partition coefficient (Wildman–Crippen LogP) is 3.64. The number of amides is 1. The smallest absolute Gasteiger partial charge is 0.407 e. The minimum Gasteiger partial charge on any atom is -0.508 e. The van der Waals surface area contributed by atoms with Crippen LogP contribution in [0.1, 0.15) is 24.5 Å². The molecule has 0 aliphatic heterocycles. The standard InChI is InChI=1S/C18H21NO3/c1-2-16(12-14-8-10-17(20)11-9-14)19-18(21)22-13-15-6-4-3-5-7-15/h3-11,16,20H,2,12-13H2,1H3,(H,19,21). The first-order chi connectivity index (χ1) is 10.7. The van der Waals surface area contributed by atoms with Crippen molar-refractivity contribution in [3.63, 3.8) is 0 Å². The number of aromatic hydroxyl groups is 1. The van der Waals surface area contributed by atoms with Crippen LogP contribution in [-0.2, 0) is 17.8 Å². The summed E-state index contributed by atoms with van der Waals surface area (Å²) >= 11 is 0. The number of hydrogen-bond donors (Lipinski definition) is 2. The second-order valence-electron chi connectivity index (χ2n) is 5.18. The molecule has 0 aromatic heterocycles. The number of ether oxygens (including phenoxy) is 1. The largest absolute Gasteiger partial charge is 0.508 e. The number of hydrogen-bond acceptors (Lipinski definition) is 3. The van der Waals surface area contributed by atoms with E-state index in [2.05, 4.69) is 5.32 Å². The van der Waals surface area contributed by atoms with Gasteiger partial charge in [0.05, 0.1) is 0 Å². The van der Waals surface area contributed by atoms with Gasteiger partial charge in [0.2, 0.25) is 0 Å². The van der Waals surface area contributed by atoms with Crippen molar-refractivity contribution in [3.8, 4) is 5.75 Å². The van der Waals surface area contributed by atoms with E-state index >= 15 is 0 Å². The summed E-state index contributed by atoms with van der Waals surface area (Å²) in [5.41, 5.74) is 2.03. The number of carbonyl (C=O) groups is 1. The number of alkyl carbamates (subject to hydrolysis) is 1. The Labute approximate surface area is 130 Å². The zero-order valence-electron chi connectivity index (χ0n) is 12.7. The Morgan fingerprint density at radius 1 is 1.09 bits per heavy atom. The van der Waals surface area contributed by atoms with Gasteiger partial charge in [0.15, 0.2) is 0 Å². The van der Waals surface area contributed by atoms with Crippen LogP contribution in [0.2, 0.25) is 0 Å². The van der Waals surface area contributed by atoms with Crippen LogP contribution in [0.15, 0.2) is 54.6 Å². The quantitative estimate of drug-likeness (QED) is 0.856. The molecule has 4 nitrogen and oxygen atoms in total. The fourth-order valence-electron chi connectivity index (χ4n) is 2.15. The summed E-state index contributed by atoms with van der Waals surface area (Å²) < 4.78 is 5.23. The molecule has 1 unspecified atom stereocenters. The molecule has 2 aromatic rings. The number of rotatable bonds is 6. The number of phenolic OH excluding ortho intramolecular Hbond substituents is 1. The third-order valence-corrected chi connectivity index (χ3v) is 3.45. The Hall–Kier alpha value is -2.49. The average Bonchev–Trinajstić information content (AvgIpc) is 2.55. The van der Waals surface area contributed by atoms with Crippen molar-refractivity contribution in [2.45, 2.75) is 32.4 Å². The second kappa shape index (κ2) is 8.08. The van der Waals surface area contributed by atoms with Crippen molar-refractivity contribution in [2.24, 2.45) is 0 Å². The first-order valence-corrected chi connectivity index (χ1v) is 7.42. The van der Waals surface area contributed by atoms with Crippen molar-refractivity contribution in [1.82, 2.24) is 5.32 Å². The van der Waals surface area contributed by atoms with Crippen LogP contribution < -0.4 is 5.32 Å². The molecule has 0 bridgehead atoms. The van der Waals surface area contributed by atoms with Gasteiger partial charge in [0.1, 0.15) is 12.4 Å². The van der Waals surface area contributed by atoms with E-state index in [-0.39, 0.29) is 18.4 Å². The Morgan fingerprint density at radius 3 is 2.41 bits per heavy atom. The fraction of sp³-hybridized carbons (Fsp3) is 0.278. The maximum Gasteiger partial charge on any atom is 0.407 e. The molecule has 0 aliphatic carbocycles. The van der Waals surface area contributed by atoms with E-state index in [9.17, 15) is 9.90 Å². The first-order valence-electron chi connectivity index (χ1n) is 7.42. The van der Waals surface area contributed by atoms with Gasteiger partial charge in [0, 0.05) is 6.04 Å². The lowest BCUT2D eigenvalue weighted by Gasteiger charge is -2.17. The van der Waals surface area contributed by atoms with Crippen LogP contribution in [0.4, 0.5) is 4.79 Å². The monoisotopic (exact) mass is 299 g/mol. The highest BCUT2D eigenvalue weighted by Crippen LogP contribution is 2.12. The van der Waals surface area contributed by atoms with Gasteiger partial charge in [-0.15, -0.1) is 0 Å². The van der Waals surface area contributed by atoms with Crippen molar-refractivity contribution in [3.05, 3.63) is 65.7 Å². The molecule has 1 atom stereocenters. The third-order valence-electron chi connectivity index (χ3n) is 3.45. The van der Waals surface area contributed by atoms with E-state index in [1.54, 1.807) is 12.1 Å². The molecule has 2 N–H and O–H groups in total. The van der Waals surface area contributed by atoms with Gasteiger partial charge in [-0.05, 0) is 36.1 Å². The van der Waals surface area contributed by atoms with E-state index in [1.165, 1.54) is 0 Å². The van der Waals surface area contributed by atoms with Gasteiger partial charge >= 0.3 is 6.09 Å². The van der Waals surface area contributed by atoms with Crippen LogP contribution in [0.3, 0.4) is 0 Å². The number of phenols is 1. The molecule has 2 aromatic carbocycles. The lowest BCUT2D eigenvalue weighted by atomic mass is 10.0. The maximum absolute atomic E-state index is 11.9.